The summed E-state index contributed by atoms with van der Waals surface area (Å²) in [5.41, 5.74) is -0.450. The molecule has 1 aliphatic rings. The Balaban J connectivity index is 2.36. The molecule has 0 saturated heterocycles. The number of hydrogen-bond acceptors (Lipinski definition) is 5. The van der Waals surface area contributed by atoms with Gasteiger partial charge >= 0.3 is 5.97 Å². The molecule has 0 amide bonds. The Hall–Kier alpha value is -3.64. The molecular weight excluding hydrogens is 345 g/mol. The highest BCUT2D eigenvalue weighted by atomic mass is 19.1. The van der Waals surface area contributed by atoms with Crippen LogP contribution < -0.4 is 0 Å². The van der Waals surface area contributed by atoms with Crippen LogP contribution in [-0.2, 0) is 15.1 Å². The first kappa shape index (κ1) is 18.2. The Morgan fingerprint density at radius 3 is 2.04 bits per heavy atom. The van der Waals surface area contributed by atoms with E-state index in [0.717, 1.165) is 4.90 Å². The van der Waals surface area contributed by atoms with E-state index in [1.807, 2.05) is 6.07 Å². The zero-order valence-corrected chi connectivity index (χ0v) is 14.6. The number of nitrogens with zero attached hydrogens (tertiary/aromatic N) is 3. The molecule has 6 heteroatoms. The second kappa shape index (κ2) is 7.31. The van der Waals surface area contributed by atoms with Crippen LogP contribution in [0.15, 0.2) is 72.2 Å². The molecule has 2 aromatic carbocycles. The number of benzene rings is 2. The monoisotopic (exact) mass is 361 g/mol. The zero-order valence-electron chi connectivity index (χ0n) is 14.6. The summed E-state index contributed by atoms with van der Waals surface area (Å²) in [6, 6.07) is 21.6. The maximum Gasteiger partial charge on any atom is 0.325 e. The van der Waals surface area contributed by atoms with Crippen molar-refractivity contribution in [3.8, 4) is 12.1 Å². The van der Waals surface area contributed by atoms with Crippen LogP contribution >= 0.6 is 0 Å². The molecule has 134 valence electrons. The predicted octanol–water partition coefficient (Wildman–Crippen LogP) is 3.26. The maximum atomic E-state index is 15.3. The first-order valence-corrected chi connectivity index (χ1v) is 8.26. The lowest BCUT2D eigenvalue weighted by molar-refractivity contribution is -0.143. The van der Waals surface area contributed by atoms with Crippen molar-refractivity contribution in [2.24, 2.45) is 5.92 Å². The van der Waals surface area contributed by atoms with E-state index in [4.69, 9.17) is 4.74 Å². The summed E-state index contributed by atoms with van der Waals surface area (Å²) in [6.45, 7) is -0.435. The number of esters is 1. The fourth-order valence-electron chi connectivity index (χ4n) is 3.64. The third kappa shape index (κ3) is 2.72. The summed E-state index contributed by atoms with van der Waals surface area (Å²) in [7, 11) is 1.21. The SMILES string of the molecule is COC(=O)CN1C(F)=C(C#N)C(C#N)C1(c1ccccc1)c1ccccc1. The minimum absolute atomic E-state index is 0.297. The molecule has 0 aromatic heterocycles. The van der Waals surface area contributed by atoms with Crippen LogP contribution in [0.2, 0.25) is 0 Å². The summed E-state index contributed by atoms with van der Waals surface area (Å²) in [4.78, 5) is 13.2. The summed E-state index contributed by atoms with van der Waals surface area (Å²) in [6.07, 6.45) is 0. The smallest absolute Gasteiger partial charge is 0.325 e. The van der Waals surface area contributed by atoms with Gasteiger partial charge in [-0.1, -0.05) is 60.7 Å². The fraction of sp³-hybridized carbons (Fsp3) is 0.190. The molecule has 1 heterocycles. The van der Waals surface area contributed by atoms with E-state index >= 15 is 4.39 Å². The average molecular weight is 361 g/mol. The number of halogens is 1. The number of methoxy groups -OCH3 is 1. The minimum atomic E-state index is -1.36. The Morgan fingerprint density at radius 1 is 1.11 bits per heavy atom. The van der Waals surface area contributed by atoms with Gasteiger partial charge in [0.25, 0.3) is 0 Å². The molecule has 0 spiro atoms. The van der Waals surface area contributed by atoms with Gasteiger partial charge < -0.3 is 9.64 Å². The van der Waals surface area contributed by atoms with Gasteiger partial charge in [0.2, 0.25) is 5.95 Å². The van der Waals surface area contributed by atoms with Crippen LogP contribution in [0.1, 0.15) is 11.1 Å². The van der Waals surface area contributed by atoms with Crippen LogP contribution in [0.25, 0.3) is 0 Å². The van der Waals surface area contributed by atoms with Gasteiger partial charge in [0.1, 0.15) is 29.6 Å². The molecule has 3 rings (SSSR count). The molecule has 0 aliphatic carbocycles. The number of carbonyl (C=O) groups is 1. The Labute approximate surface area is 156 Å². The lowest BCUT2D eigenvalue weighted by Crippen LogP contribution is -2.49. The topological polar surface area (TPSA) is 77.1 Å². The van der Waals surface area contributed by atoms with Crippen molar-refractivity contribution in [1.82, 2.24) is 4.90 Å². The quantitative estimate of drug-likeness (QED) is 0.617. The lowest BCUT2D eigenvalue weighted by Gasteiger charge is -2.42. The Kier molecular flexibility index (Phi) is 4.92. The highest BCUT2D eigenvalue weighted by Gasteiger charge is 2.57. The molecule has 2 aromatic rings. The van der Waals surface area contributed by atoms with Crippen LogP contribution in [0.5, 0.6) is 0 Å². The summed E-state index contributed by atoms with van der Waals surface area (Å²) >= 11 is 0. The average Bonchev–Trinajstić information content (AvgIpc) is 2.97. The number of rotatable bonds is 4. The van der Waals surface area contributed by atoms with Crippen LogP contribution in [0.4, 0.5) is 4.39 Å². The number of carbonyl (C=O) groups excluding carboxylic acids is 1. The van der Waals surface area contributed by atoms with E-state index in [2.05, 4.69) is 6.07 Å². The standard InChI is InChI=1S/C21H16FN3O2/c1-27-19(26)14-25-20(22)17(12-23)18(13-24)21(25,15-8-4-2-5-9-15)16-10-6-3-7-11-16/h2-11,18H,14H2,1H3. The van der Waals surface area contributed by atoms with Crippen LogP contribution in [0, 0.1) is 28.6 Å². The highest BCUT2D eigenvalue weighted by molar-refractivity contribution is 5.73. The van der Waals surface area contributed by atoms with Gasteiger partial charge in [0.05, 0.1) is 13.2 Å². The molecule has 27 heavy (non-hydrogen) atoms. The molecule has 0 bridgehead atoms. The van der Waals surface area contributed by atoms with Gasteiger partial charge in [-0.3, -0.25) is 4.79 Å². The van der Waals surface area contributed by atoms with E-state index in [1.54, 1.807) is 60.7 Å². The Morgan fingerprint density at radius 2 is 1.63 bits per heavy atom. The second-order valence-electron chi connectivity index (χ2n) is 6.04. The predicted molar refractivity (Wildman–Crippen MR) is 95.2 cm³/mol. The second-order valence-corrected chi connectivity index (χ2v) is 6.04. The summed E-state index contributed by atoms with van der Waals surface area (Å²) < 4.78 is 20.0. The largest absolute Gasteiger partial charge is 0.468 e. The zero-order chi connectivity index (χ0) is 19.4. The summed E-state index contributed by atoms with van der Waals surface area (Å²) in [5, 5.41) is 19.4. The van der Waals surface area contributed by atoms with Gasteiger partial charge in [-0.25, -0.2) is 0 Å². The van der Waals surface area contributed by atoms with Crippen molar-refractivity contribution in [2.75, 3.05) is 13.7 Å². The van der Waals surface area contributed by atoms with Gasteiger partial charge in [-0.05, 0) is 11.1 Å². The molecule has 1 atom stereocenters. The molecule has 0 fully saturated rings. The normalized spacial score (nSPS) is 17.9. The van der Waals surface area contributed by atoms with Gasteiger partial charge in [0.15, 0.2) is 0 Å². The first-order chi connectivity index (χ1) is 13.1. The fourth-order valence-corrected chi connectivity index (χ4v) is 3.64. The van der Waals surface area contributed by atoms with E-state index < -0.39 is 29.9 Å². The molecule has 1 aliphatic heterocycles. The van der Waals surface area contributed by atoms with Crippen molar-refractivity contribution < 1.29 is 13.9 Å². The van der Waals surface area contributed by atoms with E-state index in [0.29, 0.717) is 11.1 Å². The van der Waals surface area contributed by atoms with Crippen molar-refractivity contribution in [3.05, 3.63) is 83.3 Å². The number of nitriles is 2. The maximum absolute atomic E-state index is 15.3. The summed E-state index contributed by atoms with van der Waals surface area (Å²) in [5.74, 6) is -2.68. The minimum Gasteiger partial charge on any atom is -0.468 e. The van der Waals surface area contributed by atoms with Crippen molar-refractivity contribution in [2.45, 2.75) is 5.54 Å². The van der Waals surface area contributed by atoms with Gasteiger partial charge in [-0.2, -0.15) is 14.9 Å². The van der Waals surface area contributed by atoms with Crippen molar-refractivity contribution in [3.63, 3.8) is 0 Å². The van der Waals surface area contributed by atoms with Gasteiger partial charge in [0, 0.05) is 0 Å². The number of ether oxygens (including phenoxy) is 1. The van der Waals surface area contributed by atoms with Crippen molar-refractivity contribution in [1.29, 1.82) is 10.5 Å². The molecule has 1 unspecified atom stereocenters. The molecule has 5 nitrogen and oxygen atoms in total. The third-order valence-electron chi connectivity index (χ3n) is 4.78. The number of hydrogen-bond donors (Lipinski definition) is 0. The highest BCUT2D eigenvalue weighted by Crippen LogP contribution is 2.52. The first-order valence-electron chi connectivity index (χ1n) is 8.26. The Bertz CT molecular complexity index is 919. The molecular formula is C21H16FN3O2. The molecule has 0 N–H and O–H groups in total. The van der Waals surface area contributed by atoms with Crippen molar-refractivity contribution >= 4 is 5.97 Å². The van der Waals surface area contributed by atoms with E-state index in [1.165, 1.54) is 7.11 Å². The van der Waals surface area contributed by atoms with Crippen LogP contribution in [-0.4, -0.2) is 24.5 Å². The van der Waals surface area contributed by atoms with Crippen LogP contribution in [0.3, 0.4) is 0 Å². The lowest BCUT2D eigenvalue weighted by atomic mass is 9.72. The van der Waals surface area contributed by atoms with E-state index in [9.17, 15) is 15.3 Å². The third-order valence-corrected chi connectivity index (χ3v) is 4.78. The molecule has 0 radical (unpaired) electrons. The molecule has 0 saturated carbocycles. The van der Waals surface area contributed by atoms with Gasteiger partial charge in [-0.15, -0.1) is 0 Å². The van der Waals surface area contributed by atoms with E-state index in [-0.39, 0.29) is 5.57 Å².